The normalized spacial score (nSPS) is 24.3. The van der Waals surface area contributed by atoms with Gasteiger partial charge in [-0.2, -0.15) is 0 Å². The summed E-state index contributed by atoms with van der Waals surface area (Å²) in [4.78, 5) is 2.44. The van der Waals surface area contributed by atoms with Crippen molar-refractivity contribution in [3.05, 3.63) is 20.3 Å². The van der Waals surface area contributed by atoms with Crippen molar-refractivity contribution in [1.82, 2.24) is 10.2 Å². The average Bonchev–Trinajstić information content (AvgIpc) is 2.85. The maximum atomic E-state index is 11.3. The molecule has 3 rings (SSSR count). The molecule has 0 amide bonds. The molecule has 2 N–H and O–H groups in total. The van der Waals surface area contributed by atoms with Crippen LogP contribution in [0.25, 0.3) is 0 Å². The Balaban J connectivity index is 1.85. The molecular weight excluding hydrogens is 339 g/mol. The monoisotopic (exact) mass is 362 g/mol. The molecular formula is C16H24Cl2N2OS. The molecule has 1 aromatic heterocycles. The van der Waals surface area contributed by atoms with Crippen molar-refractivity contribution in [2.75, 3.05) is 32.7 Å². The van der Waals surface area contributed by atoms with Crippen LogP contribution in [0.5, 0.6) is 0 Å². The van der Waals surface area contributed by atoms with E-state index in [2.05, 4.69) is 10.2 Å². The lowest BCUT2D eigenvalue weighted by atomic mass is 9.73. The molecule has 1 saturated carbocycles. The van der Waals surface area contributed by atoms with Gasteiger partial charge in [-0.25, -0.2) is 0 Å². The van der Waals surface area contributed by atoms with Crippen LogP contribution in [0.1, 0.15) is 43.6 Å². The Bertz CT molecular complexity index is 496. The number of halogens is 2. The fourth-order valence-electron chi connectivity index (χ4n) is 3.81. The number of thiophene rings is 1. The first kappa shape index (κ1) is 17.0. The van der Waals surface area contributed by atoms with E-state index in [4.69, 9.17) is 23.2 Å². The molecule has 1 atom stereocenters. The van der Waals surface area contributed by atoms with Crippen LogP contribution in [-0.2, 0) is 0 Å². The minimum Gasteiger partial charge on any atom is -0.389 e. The maximum Gasteiger partial charge on any atom is 0.0980 e. The van der Waals surface area contributed by atoms with Gasteiger partial charge in [-0.1, -0.05) is 42.5 Å². The van der Waals surface area contributed by atoms with Crippen LogP contribution in [0.4, 0.5) is 0 Å². The van der Waals surface area contributed by atoms with Gasteiger partial charge in [-0.3, -0.25) is 0 Å². The SMILES string of the molecule is OC1(C(CN2CCNCC2)c2cc(Cl)sc2Cl)CCCCC1. The summed E-state index contributed by atoms with van der Waals surface area (Å²) in [6.07, 6.45) is 5.16. The van der Waals surface area contributed by atoms with Crippen molar-refractivity contribution in [2.24, 2.45) is 0 Å². The standard InChI is InChI=1S/C16H24Cl2N2OS/c17-14-10-12(15(18)22-14)13(11-20-8-6-19-7-9-20)16(21)4-2-1-3-5-16/h10,13,19,21H,1-9,11H2. The highest BCUT2D eigenvalue weighted by molar-refractivity contribution is 7.20. The predicted molar refractivity (Wildman–Crippen MR) is 94.4 cm³/mol. The molecule has 6 heteroatoms. The van der Waals surface area contributed by atoms with Gasteiger partial charge in [0.15, 0.2) is 0 Å². The quantitative estimate of drug-likeness (QED) is 0.856. The summed E-state index contributed by atoms with van der Waals surface area (Å²) in [6.45, 7) is 4.96. The fraction of sp³-hybridized carbons (Fsp3) is 0.750. The summed E-state index contributed by atoms with van der Waals surface area (Å²) < 4.78 is 1.45. The molecule has 3 nitrogen and oxygen atoms in total. The third-order valence-electron chi connectivity index (χ3n) is 5.08. The van der Waals surface area contributed by atoms with E-state index in [0.29, 0.717) is 4.34 Å². The highest BCUT2D eigenvalue weighted by Gasteiger charge is 2.41. The zero-order valence-corrected chi connectivity index (χ0v) is 15.1. The van der Waals surface area contributed by atoms with Crippen LogP contribution >= 0.6 is 34.5 Å². The molecule has 1 aromatic rings. The summed E-state index contributed by atoms with van der Waals surface area (Å²) in [5, 5.41) is 14.7. The van der Waals surface area contributed by atoms with Crippen molar-refractivity contribution in [1.29, 1.82) is 0 Å². The first-order valence-electron chi connectivity index (χ1n) is 8.19. The van der Waals surface area contributed by atoms with E-state index in [0.717, 1.165) is 68.3 Å². The molecule has 2 heterocycles. The minimum absolute atomic E-state index is 0.0575. The molecule has 2 aliphatic rings. The largest absolute Gasteiger partial charge is 0.389 e. The second-order valence-corrected chi connectivity index (χ2v) is 8.83. The zero-order valence-electron chi connectivity index (χ0n) is 12.8. The molecule has 22 heavy (non-hydrogen) atoms. The lowest BCUT2D eigenvalue weighted by Gasteiger charge is -2.42. The van der Waals surface area contributed by atoms with Crippen molar-refractivity contribution in [2.45, 2.75) is 43.6 Å². The van der Waals surface area contributed by atoms with Crippen LogP contribution in [0, 0.1) is 0 Å². The number of nitrogens with zero attached hydrogens (tertiary/aromatic N) is 1. The summed E-state index contributed by atoms with van der Waals surface area (Å²) in [7, 11) is 0. The Hall–Kier alpha value is 0.160. The van der Waals surface area contributed by atoms with E-state index in [-0.39, 0.29) is 5.92 Å². The minimum atomic E-state index is -0.642. The van der Waals surface area contributed by atoms with Crippen molar-refractivity contribution < 1.29 is 5.11 Å². The van der Waals surface area contributed by atoms with Crippen LogP contribution in [0.3, 0.4) is 0 Å². The summed E-state index contributed by atoms with van der Waals surface area (Å²) in [5.41, 5.74) is 0.400. The number of hydrogen-bond donors (Lipinski definition) is 2. The van der Waals surface area contributed by atoms with E-state index in [9.17, 15) is 5.11 Å². The second kappa shape index (κ2) is 7.37. The number of nitrogens with one attached hydrogen (secondary N) is 1. The van der Waals surface area contributed by atoms with Gasteiger partial charge in [0.1, 0.15) is 0 Å². The fourth-order valence-corrected chi connectivity index (χ4v) is 5.39. The third kappa shape index (κ3) is 3.80. The van der Waals surface area contributed by atoms with E-state index in [1.54, 1.807) is 0 Å². The molecule has 0 bridgehead atoms. The Labute approximate surface area is 146 Å². The highest BCUT2D eigenvalue weighted by Crippen LogP contribution is 2.45. The molecule has 1 saturated heterocycles. The van der Waals surface area contributed by atoms with E-state index in [1.807, 2.05) is 6.07 Å². The maximum absolute atomic E-state index is 11.3. The topological polar surface area (TPSA) is 35.5 Å². The second-order valence-electron chi connectivity index (χ2n) is 6.55. The summed E-state index contributed by atoms with van der Waals surface area (Å²) in [5.74, 6) is 0.0575. The van der Waals surface area contributed by atoms with Gasteiger partial charge >= 0.3 is 0 Å². The summed E-state index contributed by atoms with van der Waals surface area (Å²) >= 11 is 14.0. The van der Waals surface area contributed by atoms with Crippen molar-refractivity contribution in [3.63, 3.8) is 0 Å². The first-order chi connectivity index (χ1) is 10.6. The third-order valence-corrected chi connectivity index (χ3v) is 6.59. The van der Waals surface area contributed by atoms with Crippen LogP contribution < -0.4 is 5.32 Å². The van der Waals surface area contributed by atoms with E-state index in [1.165, 1.54) is 17.8 Å². The Kier molecular flexibility index (Phi) is 5.69. The van der Waals surface area contributed by atoms with E-state index < -0.39 is 5.60 Å². The van der Waals surface area contributed by atoms with Crippen molar-refractivity contribution >= 4 is 34.5 Å². The van der Waals surface area contributed by atoms with Crippen molar-refractivity contribution in [3.8, 4) is 0 Å². The van der Waals surface area contributed by atoms with Gasteiger partial charge in [0.2, 0.25) is 0 Å². The number of rotatable bonds is 4. The van der Waals surface area contributed by atoms with Gasteiger partial charge in [-0.05, 0) is 24.5 Å². The summed E-state index contributed by atoms with van der Waals surface area (Å²) in [6, 6.07) is 1.97. The van der Waals surface area contributed by atoms with Gasteiger partial charge in [0.05, 0.1) is 14.3 Å². The molecule has 1 unspecified atom stereocenters. The van der Waals surface area contributed by atoms with Gasteiger partial charge < -0.3 is 15.3 Å². The molecule has 0 spiro atoms. The number of aliphatic hydroxyl groups is 1. The zero-order chi connectivity index (χ0) is 15.6. The lowest BCUT2D eigenvalue weighted by Crippen LogP contribution is -2.49. The molecule has 1 aliphatic carbocycles. The predicted octanol–water partition coefficient (Wildman–Crippen LogP) is 3.74. The Morgan fingerprint density at radius 2 is 1.91 bits per heavy atom. The Morgan fingerprint density at radius 3 is 2.50 bits per heavy atom. The molecule has 0 radical (unpaired) electrons. The van der Waals surface area contributed by atoms with Crippen LogP contribution in [0.2, 0.25) is 8.67 Å². The highest BCUT2D eigenvalue weighted by atomic mass is 35.5. The Morgan fingerprint density at radius 1 is 1.23 bits per heavy atom. The van der Waals surface area contributed by atoms with Gasteiger partial charge in [0.25, 0.3) is 0 Å². The smallest absolute Gasteiger partial charge is 0.0980 e. The number of piperazine rings is 1. The first-order valence-corrected chi connectivity index (χ1v) is 9.76. The lowest BCUT2D eigenvalue weighted by molar-refractivity contribution is -0.0315. The van der Waals surface area contributed by atoms with E-state index >= 15 is 0 Å². The van der Waals surface area contributed by atoms with Crippen LogP contribution in [-0.4, -0.2) is 48.3 Å². The number of hydrogen-bond acceptors (Lipinski definition) is 4. The molecule has 2 fully saturated rings. The molecule has 1 aliphatic heterocycles. The van der Waals surface area contributed by atoms with Gasteiger partial charge in [-0.15, -0.1) is 11.3 Å². The van der Waals surface area contributed by atoms with Crippen LogP contribution in [0.15, 0.2) is 6.07 Å². The van der Waals surface area contributed by atoms with Gasteiger partial charge in [0, 0.05) is 38.6 Å². The average molecular weight is 363 g/mol. The molecule has 124 valence electrons. The molecule has 0 aromatic carbocycles.